The number of nitrogens with one attached hydrogen (secondary N) is 3. The van der Waals surface area contributed by atoms with Crippen LogP contribution in [0, 0.1) is 34.5 Å². The normalized spacial score (nSPS) is 21.7. The summed E-state index contributed by atoms with van der Waals surface area (Å²) >= 11 is 7.80. The van der Waals surface area contributed by atoms with Crippen molar-refractivity contribution in [2.45, 2.75) is 117 Å². The topological polar surface area (TPSA) is 200 Å². The number of carbonyl (C=O) groups is 4. The van der Waals surface area contributed by atoms with Gasteiger partial charge in [-0.1, -0.05) is 96.5 Å². The molecule has 4 amide bonds. The zero-order valence-electron chi connectivity index (χ0n) is 42.8. The van der Waals surface area contributed by atoms with E-state index in [-0.39, 0.29) is 60.9 Å². The van der Waals surface area contributed by atoms with Gasteiger partial charge in [0.25, 0.3) is 5.91 Å². The highest BCUT2D eigenvalue weighted by molar-refractivity contribution is 7.13. The van der Waals surface area contributed by atoms with Gasteiger partial charge in [0, 0.05) is 67.6 Å². The number of ether oxygens (including phenoxy) is 1. The van der Waals surface area contributed by atoms with Crippen LogP contribution in [0.4, 0.5) is 0 Å². The van der Waals surface area contributed by atoms with Gasteiger partial charge in [-0.3, -0.25) is 24.1 Å². The van der Waals surface area contributed by atoms with Crippen LogP contribution in [-0.2, 0) is 20.8 Å². The molecule has 0 radical (unpaired) electrons. The third-order valence-electron chi connectivity index (χ3n) is 14.8. The van der Waals surface area contributed by atoms with E-state index < -0.39 is 41.5 Å². The molecular weight excluding hydrogens is 952 g/mol. The van der Waals surface area contributed by atoms with Crippen molar-refractivity contribution < 1.29 is 34.1 Å². The van der Waals surface area contributed by atoms with E-state index in [2.05, 4.69) is 64.5 Å². The van der Waals surface area contributed by atoms with E-state index in [4.69, 9.17) is 16.3 Å². The highest BCUT2D eigenvalue weighted by Gasteiger charge is 2.64. The molecule has 1 unspecified atom stereocenters. The van der Waals surface area contributed by atoms with Crippen LogP contribution in [0.5, 0.6) is 5.75 Å². The standard InChI is InChI=1S/C55H71ClN8O7S/c1-34-46(72-33-58-34)37-18-16-36(17-19-37)43(32-65)59-49(69)44-27-40(66)30-64(44)50(70)47(53(2,3)4)60-45(67)31-63-25-23-62(24-26-63)22-10-9-11-35-12-14-38(15-13-35)48(68)61-51-54(5,6)52(55(51,7)8)71-41-21-20-39(29-57)42(56)28-41/h12-21,28,33,40,43-44,47,51-52,65-66H,9-11,22-27,30-32H2,1-8H3,(H,59,69)(H,60,67)(H,61,68)/t40-,43+,44+,47?,51?,52?/m1/s1. The zero-order valence-corrected chi connectivity index (χ0v) is 44.4. The van der Waals surface area contributed by atoms with Gasteiger partial charge >= 0.3 is 0 Å². The lowest BCUT2D eigenvalue weighted by Crippen LogP contribution is -2.74. The van der Waals surface area contributed by atoms with Crippen molar-refractivity contribution in [1.29, 1.82) is 5.26 Å². The number of nitrogens with zero attached hydrogens (tertiary/aromatic N) is 5. The average Bonchev–Trinajstić information content (AvgIpc) is 3.97. The second kappa shape index (κ2) is 22.8. The minimum atomic E-state index is -0.978. The fourth-order valence-corrected chi connectivity index (χ4v) is 12.0. The molecule has 1 saturated carbocycles. The lowest BCUT2D eigenvalue weighted by atomic mass is 9.49. The number of nitriles is 1. The van der Waals surface area contributed by atoms with E-state index in [9.17, 15) is 34.7 Å². The number of hydrogen-bond donors (Lipinski definition) is 5. The molecule has 5 N–H and O–H groups in total. The Labute approximate surface area is 433 Å². The molecule has 7 rings (SSSR count). The Kier molecular flexibility index (Phi) is 17.2. The molecule has 2 saturated heterocycles. The van der Waals surface area contributed by atoms with Gasteiger partial charge in [-0.15, -0.1) is 11.3 Å². The molecule has 3 heterocycles. The molecule has 2 aliphatic heterocycles. The van der Waals surface area contributed by atoms with Gasteiger partial charge in [-0.25, -0.2) is 4.98 Å². The predicted octanol–water partition coefficient (Wildman–Crippen LogP) is 6.54. The van der Waals surface area contributed by atoms with Gasteiger partial charge in [-0.2, -0.15) is 5.26 Å². The molecule has 72 heavy (non-hydrogen) atoms. The van der Waals surface area contributed by atoms with Crippen molar-refractivity contribution in [3.63, 3.8) is 0 Å². The van der Waals surface area contributed by atoms with Gasteiger partial charge in [0.2, 0.25) is 17.7 Å². The number of amides is 4. The Bertz CT molecular complexity index is 2590. The Hall–Kier alpha value is -5.41. The van der Waals surface area contributed by atoms with Crippen LogP contribution in [0.1, 0.15) is 107 Å². The van der Waals surface area contributed by atoms with Gasteiger partial charge in [0.15, 0.2) is 0 Å². The van der Waals surface area contributed by atoms with Crippen LogP contribution in [-0.4, -0.2) is 136 Å². The molecule has 386 valence electrons. The number of aliphatic hydroxyl groups is 2. The second-order valence-electron chi connectivity index (χ2n) is 22.0. The van der Waals surface area contributed by atoms with E-state index in [1.807, 2.05) is 76.2 Å². The van der Waals surface area contributed by atoms with Crippen molar-refractivity contribution in [3.8, 4) is 22.3 Å². The van der Waals surface area contributed by atoms with Crippen molar-refractivity contribution >= 4 is 46.6 Å². The summed E-state index contributed by atoms with van der Waals surface area (Å²) in [7, 11) is 0. The number of aromatic nitrogens is 1. The minimum Gasteiger partial charge on any atom is -0.489 e. The number of aryl methyl sites for hydroxylation is 2. The molecular formula is C55H71ClN8O7S. The Morgan fingerprint density at radius 2 is 1.61 bits per heavy atom. The molecule has 17 heteroatoms. The largest absolute Gasteiger partial charge is 0.489 e. The second-order valence-corrected chi connectivity index (χ2v) is 23.2. The van der Waals surface area contributed by atoms with Crippen molar-refractivity contribution in [1.82, 2.24) is 35.6 Å². The highest BCUT2D eigenvalue weighted by atomic mass is 35.5. The van der Waals surface area contributed by atoms with E-state index in [1.54, 1.807) is 23.7 Å². The average molecular weight is 1020 g/mol. The van der Waals surface area contributed by atoms with Gasteiger partial charge in [-0.05, 0) is 79.1 Å². The molecule has 4 aromatic rings. The molecule has 3 aliphatic rings. The van der Waals surface area contributed by atoms with E-state index in [0.717, 1.165) is 55.0 Å². The Balaban J connectivity index is 0.823. The number of hydrogen-bond acceptors (Lipinski definition) is 12. The number of halogens is 1. The predicted molar refractivity (Wildman–Crippen MR) is 279 cm³/mol. The zero-order chi connectivity index (χ0) is 52.1. The summed E-state index contributed by atoms with van der Waals surface area (Å²) in [6, 6.07) is 19.7. The Morgan fingerprint density at radius 1 is 0.944 bits per heavy atom. The first kappa shape index (κ1) is 54.4. The van der Waals surface area contributed by atoms with Gasteiger partial charge in [0.05, 0.1) is 52.0 Å². The maximum Gasteiger partial charge on any atom is 0.251 e. The maximum atomic E-state index is 14.3. The van der Waals surface area contributed by atoms with Gasteiger partial charge in [0.1, 0.15) is 30.0 Å². The smallest absolute Gasteiger partial charge is 0.251 e. The number of unbranched alkanes of at least 4 members (excludes halogenated alkanes) is 1. The van der Waals surface area contributed by atoms with Crippen LogP contribution >= 0.6 is 22.9 Å². The lowest BCUT2D eigenvalue weighted by Gasteiger charge is -2.63. The molecule has 0 spiro atoms. The number of likely N-dealkylation sites (tertiary alicyclic amines) is 1. The lowest BCUT2D eigenvalue weighted by molar-refractivity contribution is -0.164. The molecule has 3 aromatic carbocycles. The number of benzene rings is 3. The number of carbonyl (C=O) groups excluding carboxylic acids is 4. The summed E-state index contributed by atoms with van der Waals surface area (Å²) in [4.78, 5) is 66.3. The van der Waals surface area contributed by atoms with Crippen LogP contribution in [0.3, 0.4) is 0 Å². The number of thiazole rings is 1. The van der Waals surface area contributed by atoms with E-state index in [1.165, 1.54) is 21.8 Å². The molecule has 4 atom stereocenters. The van der Waals surface area contributed by atoms with Crippen LogP contribution in [0.15, 0.2) is 72.2 Å². The third kappa shape index (κ3) is 12.5. The molecule has 1 aliphatic carbocycles. The fourth-order valence-electron chi connectivity index (χ4n) is 10.9. The SMILES string of the molecule is Cc1ncsc1-c1ccc([C@H](CO)NC(=O)[C@@H]2C[C@@H](O)CN2C(=O)C(NC(=O)CN2CCN(CCCCc3ccc(C(=O)NC4C(C)(C)C(Oc5ccc(C#N)c(Cl)c5)C4(C)C)cc3)CC2)C(C)(C)C)cc1. The van der Waals surface area contributed by atoms with E-state index in [0.29, 0.717) is 40.6 Å². The summed E-state index contributed by atoms with van der Waals surface area (Å²) in [5.74, 6) is -0.732. The quantitative estimate of drug-likeness (QED) is 0.0679. The number of rotatable bonds is 18. The molecule has 15 nitrogen and oxygen atoms in total. The summed E-state index contributed by atoms with van der Waals surface area (Å²) in [6.07, 6.45) is 1.83. The third-order valence-corrected chi connectivity index (χ3v) is 16.1. The minimum absolute atomic E-state index is 0.0416. The summed E-state index contributed by atoms with van der Waals surface area (Å²) < 4.78 is 6.38. The highest BCUT2D eigenvalue weighted by Crippen LogP contribution is 2.55. The maximum absolute atomic E-state index is 14.3. The molecule has 0 bridgehead atoms. The van der Waals surface area contributed by atoms with Crippen molar-refractivity contribution in [2.75, 3.05) is 52.4 Å². The fraction of sp³-hybridized carbons (Fsp3) is 0.527. The number of β-amino-alcohol motifs (C(OH)–C–C–N with tert-alkyl or cyclic N) is 1. The molecule has 1 aromatic heterocycles. The number of piperazine rings is 1. The van der Waals surface area contributed by atoms with Gasteiger partial charge < -0.3 is 40.7 Å². The van der Waals surface area contributed by atoms with E-state index >= 15 is 0 Å². The summed E-state index contributed by atoms with van der Waals surface area (Å²) in [5.41, 5.74) is 5.15. The summed E-state index contributed by atoms with van der Waals surface area (Å²) in [6.45, 7) is 19.6. The first-order chi connectivity index (χ1) is 34.1. The molecule has 3 fully saturated rings. The van der Waals surface area contributed by atoms with Crippen molar-refractivity contribution in [3.05, 3.63) is 105 Å². The Morgan fingerprint density at radius 3 is 2.21 bits per heavy atom. The first-order valence-electron chi connectivity index (χ1n) is 25.0. The monoisotopic (exact) mass is 1020 g/mol. The van der Waals surface area contributed by atoms with Crippen LogP contribution in [0.2, 0.25) is 5.02 Å². The number of aliphatic hydroxyl groups excluding tert-OH is 2. The van der Waals surface area contributed by atoms with Crippen LogP contribution in [0.25, 0.3) is 10.4 Å². The first-order valence-corrected chi connectivity index (χ1v) is 26.3. The summed E-state index contributed by atoms with van der Waals surface area (Å²) in [5, 5.41) is 39.8. The van der Waals surface area contributed by atoms with Crippen LogP contribution < -0.4 is 20.7 Å². The van der Waals surface area contributed by atoms with Crippen molar-refractivity contribution in [2.24, 2.45) is 16.2 Å².